The van der Waals surface area contributed by atoms with Gasteiger partial charge in [0, 0.05) is 17.7 Å². The maximum atomic E-state index is 15.2. The van der Waals surface area contributed by atoms with E-state index in [2.05, 4.69) is 23.5 Å². The highest BCUT2D eigenvalue weighted by Crippen LogP contribution is 2.40. The first kappa shape index (κ1) is 31.8. The molecule has 224 valence electrons. The molecule has 0 bridgehead atoms. The molecule has 43 heavy (non-hydrogen) atoms. The molecule has 0 spiro atoms. The average Bonchev–Trinajstić information content (AvgIpc) is 2.92. The molecule has 0 N–H and O–H groups in total. The lowest BCUT2D eigenvalue weighted by molar-refractivity contribution is -0.189. The van der Waals surface area contributed by atoms with Gasteiger partial charge in [-0.15, -0.1) is 6.58 Å². The molecule has 0 saturated heterocycles. The minimum absolute atomic E-state index is 0.0883. The van der Waals surface area contributed by atoms with E-state index in [0.717, 1.165) is 37.3 Å². The van der Waals surface area contributed by atoms with Crippen LogP contribution >= 0.6 is 11.6 Å². The summed E-state index contributed by atoms with van der Waals surface area (Å²) in [6.07, 6.45) is 4.72. The third kappa shape index (κ3) is 7.46. The molecule has 0 saturated carbocycles. The van der Waals surface area contributed by atoms with Crippen LogP contribution in [0, 0.1) is 34.9 Å². The largest absolute Gasteiger partial charge is 0.432 e. The molecular formula is C33H23ClF8O. The Labute approximate surface area is 247 Å². The summed E-state index contributed by atoms with van der Waals surface area (Å²) in [5.74, 6) is -11.6. The van der Waals surface area contributed by atoms with Gasteiger partial charge in [0.15, 0.2) is 17.5 Å². The van der Waals surface area contributed by atoms with Crippen molar-refractivity contribution in [2.75, 3.05) is 0 Å². The zero-order chi connectivity index (χ0) is 31.3. The van der Waals surface area contributed by atoms with Crippen molar-refractivity contribution in [3.05, 3.63) is 137 Å². The molecule has 0 heterocycles. The predicted octanol–water partition coefficient (Wildman–Crippen LogP) is 11.1. The number of aryl methyl sites for hydroxylation is 1. The first-order valence-electron chi connectivity index (χ1n) is 13.0. The van der Waals surface area contributed by atoms with E-state index in [4.69, 9.17) is 11.6 Å². The van der Waals surface area contributed by atoms with Crippen molar-refractivity contribution >= 4 is 11.6 Å². The summed E-state index contributed by atoms with van der Waals surface area (Å²) in [5, 5.41) is -0.240. The molecule has 0 aliphatic rings. The van der Waals surface area contributed by atoms with Gasteiger partial charge in [-0.05, 0) is 72.2 Å². The highest BCUT2D eigenvalue weighted by molar-refractivity contribution is 6.33. The summed E-state index contributed by atoms with van der Waals surface area (Å²) in [5.41, 5.74) is -0.793. The van der Waals surface area contributed by atoms with Crippen LogP contribution in [0.1, 0.15) is 30.4 Å². The zero-order valence-corrected chi connectivity index (χ0v) is 23.1. The minimum Gasteiger partial charge on any atom is -0.429 e. The van der Waals surface area contributed by atoms with Gasteiger partial charge in [0.2, 0.25) is 0 Å². The van der Waals surface area contributed by atoms with Crippen molar-refractivity contribution in [1.82, 2.24) is 0 Å². The number of hydrogen-bond acceptors (Lipinski definition) is 1. The number of allylic oxidation sites excluding steroid dienone is 3. The second-order valence-corrected chi connectivity index (χ2v) is 9.93. The van der Waals surface area contributed by atoms with Gasteiger partial charge < -0.3 is 4.74 Å². The van der Waals surface area contributed by atoms with Gasteiger partial charge in [-0.2, -0.15) is 8.78 Å². The van der Waals surface area contributed by atoms with Crippen molar-refractivity contribution in [1.29, 1.82) is 0 Å². The number of unbranched alkanes of at least 4 members (excludes halogenated alkanes) is 1. The lowest BCUT2D eigenvalue weighted by Crippen LogP contribution is -2.25. The quantitative estimate of drug-likeness (QED) is 0.0700. The topological polar surface area (TPSA) is 9.23 Å². The Morgan fingerprint density at radius 3 is 1.84 bits per heavy atom. The molecular weight excluding hydrogens is 600 g/mol. The number of alkyl halides is 2. The number of halogens is 9. The fraction of sp³-hybridized carbons (Fsp3) is 0.152. The van der Waals surface area contributed by atoms with Crippen molar-refractivity contribution < 1.29 is 39.9 Å². The minimum atomic E-state index is -4.79. The Morgan fingerprint density at radius 1 is 0.674 bits per heavy atom. The Bertz CT molecular complexity index is 1600. The first-order chi connectivity index (χ1) is 20.4. The van der Waals surface area contributed by atoms with Crippen LogP contribution in [-0.4, -0.2) is 0 Å². The van der Waals surface area contributed by atoms with E-state index in [1.165, 1.54) is 6.07 Å². The average molecular weight is 623 g/mol. The smallest absolute Gasteiger partial charge is 0.429 e. The third-order valence-electron chi connectivity index (χ3n) is 6.46. The van der Waals surface area contributed by atoms with E-state index in [1.807, 2.05) is 18.2 Å². The van der Waals surface area contributed by atoms with Crippen LogP contribution in [0.15, 0.2) is 85.5 Å². The molecule has 0 amide bonds. The highest BCUT2D eigenvalue weighted by Gasteiger charge is 2.41. The Morgan fingerprint density at radius 2 is 1.26 bits per heavy atom. The molecule has 0 radical (unpaired) electrons. The van der Waals surface area contributed by atoms with Gasteiger partial charge in [-0.3, -0.25) is 0 Å². The highest BCUT2D eigenvalue weighted by atomic mass is 35.5. The Kier molecular flexibility index (Phi) is 9.96. The van der Waals surface area contributed by atoms with Crippen molar-refractivity contribution in [3.63, 3.8) is 0 Å². The molecule has 4 rings (SSSR count). The number of ether oxygens (including phenoxy) is 1. The van der Waals surface area contributed by atoms with Gasteiger partial charge in [0.05, 0.1) is 5.02 Å². The molecule has 1 nitrogen and oxygen atoms in total. The standard InChI is InChI=1S/C33H23ClF8O/c1-2-3-4-5-6-7-8-19-9-11-20(12-10-19)21-13-24(34)30(25(35)14-21)22-15-26(36)31(27(37)16-22)33(41,42)43-23-17-28(38)32(40)29(39)18-23/h2,5-6,9-18H,1,3-4,7-8H2. The van der Waals surface area contributed by atoms with E-state index >= 15 is 4.39 Å². The Hall–Kier alpha value is -4.11. The monoisotopic (exact) mass is 622 g/mol. The van der Waals surface area contributed by atoms with Crippen LogP contribution in [0.3, 0.4) is 0 Å². The van der Waals surface area contributed by atoms with Crippen LogP contribution < -0.4 is 4.74 Å². The normalized spacial score (nSPS) is 11.7. The molecule has 0 aromatic heterocycles. The summed E-state index contributed by atoms with van der Waals surface area (Å²) in [6.45, 7) is 3.68. The molecule has 4 aromatic carbocycles. The van der Waals surface area contributed by atoms with Crippen molar-refractivity contribution in [2.24, 2.45) is 0 Å². The second kappa shape index (κ2) is 13.5. The second-order valence-electron chi connectivity index (χ2n) is 9.52. The lowest BCUT2D eigenvalue weighted by atomic mass is 9.97. The molecule has 4 aromatic rings. The maximum Gasteiger partial charge on any atom is 0.432 e. The van der Waals surface area contributed by atoms with Crippen LogP contribution in [0.5, 0.6) is 5.75 Å². The van der Waals surface area contributed by atoms with E-state index < -0.39 is 63.5 Å². The van der Waals surface area contributed by atoms with Crippen LogP contribution in [0.4, 0.5) is 35.1 Å². The predicted molar refractivity (Wildman–Crippen MR) is 150 cm³/mol. The molecule has 0 unspecified atom stereocenters. The first-order valence-corrected chi connectivity index (χ1v) is 13.3. The summed E-state index contributed by atoms with van der Waals surface area (Å²) in [4.78, 5) is 0. The fourth-order valence-electron chi connectivity index (χ4n) is 4.36. The number of rotatable bonds is 11. The van der Waals surface area contributed by atoms with E-state index in [0.29, 0.717) is 23.3 Å². The van der Waals surface area contributed by atoms with Crippen molar-refractivity contribution in [2.45, 2.75) is 31.8 Å². The zero-order valence-electron chi connectivity index (χ0n) is 22.4. The van der Waals surface area contributed by atoms with Gasteiger partial charge in [-0.1, -0.05) is 54.1 Å². The van der Waals surface area contributed by atoms with Crippen LogP contribution in [0.25, 0.3) is 22.3 Å². The summed E-state index contributed by atoms with van der Waals surface area (Å²) < 4.78 is 118. The number of hydrogen-bond donors (Lipinski definition) is 0. The number of benzene rings is 4. The van der Waals surface area contributed by atoms with E-state index in [9.17, 15) is 30.7 Å². The molecule has 0 aliphatic carbocycles. The molecule has 0 atom stereocenters. The summed E-state index contributed by atoms with van der Waals surface area (Å²) >= 11 is 6.28. The molecule has 10 heteroatoms. The van der Waals surface area contributed by atoms with Gasteiger partial charge in [0.25, 0.3) is 0 Å². The van der Waals surface area contributed by atoms with Gasteiger partial charge in [-0.25, -0.2) is 26.3 Å². The summed E-state index contributed by atoms with van der Waals surface area (Å²) in [7, 11) is 0. The lowest BCUT2D eigenvalue weighted by Gasteiger charge is -2.20. The van der Waals surface area contributed by atoms with Crippen LogP contribution in [0.2, 0.25) is 5.02 Å². The maximum absolute atomic E-state index is 15.2. The van der Waals surface area contributed by atoms with Crippen molar-refractivity contribution in [3.8, 4) is 28.0 Å². The summed E-state index contributed by atoms with van der Waals surface area (Å²) in [6, 6.07) is 10.8. The Balaban J connectivity index is 1.56. The molecule has 0 aliphatic heterocycles. The molecule has 0 fully saturated rings. The van der Waals surface area contributed by atoms with Gasteiger partial charge in [0.1, 0.15) is 28.8 Å². The van der Waals surface area contributed by atoms with Gasteiger partial charge >= 0.3 is 6.11 Å². The van der Waals surface area contributed by atoms with E-state index in [1.54, 1.807) is 12.1 Å². The fourth-order valence-corrected chi connectivity index (χ4v) is 4.68. The van der Waals surface area contributed by atoms with E-state index in [-0.39, 0.29) is 17.2 Å². The van der Waals surface area contributed by atoms with Crippen LogP contribution in [-0.2, 0) is 12.5 Å². The SMILES string of the molecule is C=CCCC=CCCc1ccc(-c2cc(F)c(-c3cc(F)c(C(F)(F)Oc4cc(F)c(F)c(F)c4)c(F)c3)c(Cl)c2)cc1. The third-order valence-corrected chi connectivity index (χ3v) is 6.76.